The molecule has 118 valence electrons. The molecule has 0 bridgehead atoms. The molecule has 0 aliphatic heterocycles. The van der Waals surface area contributed by atoms with Crippen molar-refractivity contribution in [2.75, 3.05) is 0 Å². The van der Waals surface area contributed by atoms with Crippen LogP contribution in [0.25, 0.3) is 0 Å². The Morgan fingerprint density at radius 1 is 0.952 bits per heavy atom. The maximum absolute atomic E-state index is 14.3. The fraction of sp³-hybridized carbons (Fsp3) is 0.684. The van der Waals surface area contributed by atoms with Crippen molar-refractivity contribution in [2.45, 2.75) is 77.6 Å². The molecule has 2 heteroatoms. The van der Waals surface area contributed by atoms with Crippen LogP contribution < -0.4 is 0 Å². The summed E-state index contributed by atoms with van der Waals surface area (Å²) in [5.41, 5.74) is 1.14. The molecule has 1 aliphatic carbocycles. The highest BCUT2D eigenvalue weighted by atomic mass is 19.2. The van der Waals surface area contributed by atoms with Crippen LogP contribution in [0.1, 0.15) is 82.3 Å². The van der Waals surface area contributed by atoms with E-state index in [1.807, 2.05) is 13.0 Å². The topological polar surface area (TPSA) is 0 Å². The van der Waals surface area contributed by atoms with Crippen molar-refractivity contribution in [2.24, 2.45) is 5.92 Å². The lowest BCUT2D eigenvalue weighted by Crippen LogP contribution is -2.15. The molecule has 0 spiro atoms. The number of hydrogen-bond donors (Lipinski definition) is 0. The zero-order valence-electron chi connectivity index (χ0n) is 13.4. The van der Waals surface area contributed by atoms with Gasteiger partial charge in [-0.2, -0.15) is 0 Å². The van der Waals surface area contributed by atoms with E-state index in [4.69, 9.17) is 0 Å². The summed E-state index contributed by atoms with van der Waals surface area (Å²) in [4.78, 5) is 0. The van der Waals surface area contributed by atoms with Gasteiger partial charge in [0, 0.05) is 0 Å². The fourth-order valence-electron chi connectivity index (χ4n) is 3.64. The van der Waals surface area contributed by atoms with Gasteiger partial charge in [0.2, 0.25) is 0 Å². The van der Waals surface area contributed by atoms with Crippen molar-refractivity contribution in [3.8, 4) is 0 Å². The minimum absolute atomic E-state index is 0.216. The van der Waals surface area contributed by atoms with Crippen LogP contribution in [-0.4, -0.2) is 0 Å². The normalized spacial score (nSPS) is 22.5. The molecular weight excluding hydrogens is 266 g/mol. The molecule has 0 radical (unpaired) electrons. The van der Waals surface area contributed by atoms with E-state index in [0.29, 0.717) is 17.5 Å². The van der Waals surface area contributed by atoms with Gasteiger partial charge in [-0.25, -0.2) is 8.78 Å². The molecule has 0 saturated heterocycles. The Kier molecular flexibility index (Phi) is 6.20. The minimum atomic E-state index is -0.609. The van der Waals surface area contributed by atoms with Crippen molar-refractivity contribution in [1.29, 1.82) is 0 Å². The van der Waals surface area contributed by atoms with Gasteiger partial charge in [-0.1, -0.05) is 51.7 Å². The van der Waals surface area contributed by atoms with Gasteiger partial charge in [-0.05, 0) is 55.1 Å². The Balaban J connectivity index is 2.02. The third-order valence-corrected chi connectivity index (χ3v) is 4.96. The van der Waals surface area contributed by atoms with E-state index < -0.39 is 11.6 Å². The van der Waals surface area contributed by atoms with Crippen molar-refractivity contribution in [3.63, 3.8) is 0 Å². The number of halogens is 2. The molecule has 0 aromatic heterocycles. The van der Waals surface area contributed by atoms with Crippen molar-refractivity contribution in [3.05, 3.63) is 34.9 Å². The van der Waals surface area contributed by atoms with Crippen LogP contribution >= 0.6 is 0 Å². The summed E-state index contributed by atoms with van der Waals surface area (Å²) in [5.74, 6) is -0.179. The third kappa shape index (κ3) is 4.05. The van der Waals surface area contributed by atoms with E-state index in [2.05, 4.69) is 6.92 Å². The first-order valence-corrected chi connectivity index (χ1v) is 8.64. The van der Waals surface area contributed by atoms with Crippen LogP contribution in [0.5, 0.6) is 0 Å². The molecule has 0 nitrogen and oxygen atoms in total. The van der Waals surface area contributed by atoms with Gasteiger partial charge in [0.05, 0.1) is 0 Å². The standard InChI is InChI=1S/C19H28F2/c1-3-5-7-14-8-10-15(11-9-14)17-13-12-16(6-4-2)18(20)19(17)21/h12-15H,3-11H2,1-2H3. The second kappa shape index (κ2) is 7.91. The third-order valence-electron chi connectivity index (χ3n) is 4.96. The van der Waals surface area contributed by atoms with Crippen LogP contribution in [-0.2, 0) is 6.42 Å². The monoisotopic (exact) mass is 294 g/mol. The van der Waals surface area contributed by atoms with Crippen LogP contribution in [0.4, 0.5) is 8.78 Å². The molecule has 0 N–H and O–H groups in total. The Morgan fingerprint density at radius 2 is 1.67 bits per heavy atom. The van der Waals surface area contributed by atoms with Crippen LogP contribution in [0.15, 0.2) is 12.1 Å². The van der Waals surface area contributed by atoms with Gasteiger partial charge in [-0.3, -0.25) is 0 Å². The van der Waals surface area contributed by atoms with Gasteiger partial charge < -0.3 is 0 Å². The van der Waals surface area contributed by atoms with Crippen molar-refractivity contribution in [1.82, 2.24) is 0 Å². The molecule has 0 unspecified atom stereocenters. The summed E-state index contributed by atoms with van der Waals surface area (Å²) >= 11 is 0. The smallest absolute Gasteiger partial charge is 0.162 e. The first kappa shape index (κ1) is 16.5. The van der Waals surface area contributed by atoms with Crippen LogP contribution in [0, 0.1) is 17.6 Å². The fourth-order valence-corrected chi connectivity index (χ4v) is 3.64. The summed E-state index contributed by atoms with van der Waals surface area (Å²) in [6.45, 7) is 4.21. The summed E-state index contributed by atoms with van der Waals surface area (Å²) in [7, 11) is 0. The van der Waals surface area contributed by atoms with Crippen molar-refractivity contribution >= 4 is 0 Å². The van der Waals surface area contributed by atoms with E-state index in [1.165, 1.54) is 32.1 Å². The number of unbranched alkanes of at least 4 members (excludes halogenated alkanes) is 1. The average Bonchev–Trinajstić information content (AvgIpc) is 2.51. The molecule has 0 amide bonds. The summed E-state index contributed by atoms with van der Waals surface area (Å²) in [5, 5.41) is 0. The number of aryl methyl sites for hydroxylation is 1. The molecular formula is C19H28F2. The highest BCUT2D eigenvalue weighted by molar-refractivity contribution is 5.29. The molecule has 0 heterocycles. The Hall–Kier alpha value is -0.920. The Labute approximate surface area is 128 Å². The van der Waals surface area contributed by atoms with Crippen molar-refractivity contribution < 1.29 is 8.78 Å². The van der Waals surface area contributed by atoms with E-state index in [1.54, 1.807) is 6.07 Å². The average molecular weight is 294 g/mol. The highest BCUT2D eigenvalue weighted by Crippen LogP contribution is 2.39. The lowest BCUT2D eigenvalue weighted by molar-refractivity contribution is 0.299. The Bertz CT molecular complexity index is 445. The summed E-state index contributed by atoms with van der Waals surface area (Å²) in [6, 6.07) is 3.63. The molecule has 1 saturated carbocycles. The van der Waals surface area contributed by atoms with Gasteiger partial charge in [0.15, 0.2) is 11.6 Å². The maximum Gasteiger partial charge on any atom is 0.162 e. The molecule has 21 heavy (non-hydrogen) atoms. The van der Waals surface area contributed by atoms with E-state index in [-0.39, 0.29) is 5.92 Å². The first-order chi connectivity index (χ1) is 10.2. The van der Waals surface area contributed by atoms with Crippen LogP contribution in [0.2, 0.25) is 0 Å². The lowest BCUT2D eigenvalue weighted by atomic mass is 9.76. The number of benzene rings is 1. The summed E-state index contributed by atoms with van der Waals surface area (Å²) < 4.78 is 28.4. The van der Waals surface area contributed by atoms with Gasteiger partial charge in [0.25, 0.3) is 0 Å². The van der Waals surface area contributed by atoms with Gasteiger partial charge in [-0.15, -0.1) is 0 Å². The van der Waals surface area contributed by atoms with Gasteiger partial charge >= 0.3 is 0 Å². The molecule has 1 aromatic rings. The molecule has 1 aliphatic rings. The first-order valence-electron chi connectivity index (χ1n) is 8.64. The predicted molar refractivity (Wildman–Crippen MR) is 84.6 cm³/mol. The molecule has 1 aromatic carbocycles. The maximum atomic E-state index is 14.3. The lowest BCUT2D eigenvalue weighted by Gasteiger charge is -2.29. The largest absolute Gasteiger partial charge is 0.203 e. The number of rotatable bonds is 6. The van der Waals surface area contributed by atoms with E-state index in [0.717, 1.165) is 25.2 Å². The molecule has 2 rings (SSSR count). The Morgan fingerprint density at radius 3 is 2.29 bits per heavy atom. The second-order valence-electron chi connectivity index (χ2n) is 6.55. The SMILES string of the molecule is CCCCC1CCC(c2ccc(CCC)c(F)c2F)CC1. The van der Waals surface area contributed by atoms with Crippen LogP contribution in [0.3, 0.4) is 0 Å². The molecule has 0 atom stereocenters. The molecule has 1 fully saturated rings. The van der Waals surface area contributed by atoms with Gasteiger partial charge in [0.1, 0.15) is 0 Å². The van der Waals surface area contributed by atoms with E-state index >= 15 is 0 Å². The van der Waals surface area contributed by atoms with E-state index in [9.17, 15) is 8.78 Å². The summed E-state index contributed by atoms with van der Waals surface area (Å²) in [6.07, 6.45) is 9.67. The minimum Gasteiger partial charge on any atom is -0.203 e. The zero-order valence-corrected chi connectivity index (χ0v) is 13.4. The number of hydrogen-bond acceptors (Lipinski definition) is 0. The zero-order chi connectivity index (χ0) is 15.2. The second-order valence-corrected chi connectivity index (χ2v) is 6.55. The predicted octanol–water partition coefficient (Wildman–Crippen LogP) is 6.38. The quantitative estimate of drug-likeness (QED) is 0.571. The highest BCUT2D eigenvalue weighted by Gasteiger charge is 2.25.